The van der Waals surface area contributed by atoms with Crippen molar-refractivity contribution in [1.82, 2.24) is 10.3 Å². The Morgan fingerprint density at radius 1 is 1.47 bits per heavy atom. The van der Waals surface area contributed by atoms with Gasteiger partial charge in [-0.15, -0.1) is 0 Å². The Morgan fingerprint density at radius 3 is 2.53 bits per heavy atom. The molecule has 0 spiro atoms. The largest absolute Gasteiger partial charge is 0.481 e. The Bertz CT molecular complexity index is 482. The lowest BCUT2D eigenvalue weighted by molar-refractivity contribution is -0.139. The van der Waals surface area contributed by atoms with E-state index in [0.29, 0.717) is 11.6 Å². The van der Waals surface area contributed by atoms with Crippen LogP contribution < -0.4 is 5.32 Å². The third kappa shape index (κ3) is 4.06. The highest BCUT2D eigenvalue weighted by atomic mass is 16.5. The average molecular weight is 270 g/mol. The first-order valence-electron chi connectivity index (χ1n) is 5.74. The van der Waals surface area contributed by atoms with E-state index in [1.807, 2.05) is 0 Å². The third-order valence-corrected chi connectivity index (χ3v) is 2.53. The van der Waals surface area contributed by atoms with Crippen LogP contribution in [0.15, 0.2) is 4.42 Å². The smallest absolute Gasteiger partial charge is 0.305 e. The number of hydrogen-bond acceptors (Lipinski definition) is 5. The van der Waals surface area contributed by atoms with Gasteiger partial charge in [0.25, 0.3) is 5.91 Å². The van der Waals surface area contributed by atoms with Gasteiger partial charge in [0.05, 0.1) is 24.3 Å². The third-order valence-electron chi connectivity index (χ3n) is 2.53. The number of aryl methyl sites for hydroxylation is 2. The summed E-state index contributed by atoms with van der Waals surface area (Å²) in [7, 11) is 1.44. The maximum absolute atomic E-state index is 12.1. The summed E-state index contributed by atoms with van der Waals surface area (Å²) in [4.78, 5) is 26.9. The van der Waals surface area contributed by atoms with Crippen LogP contribution in [0.2, 0.25) is 0 Å². The van der Waals surface area contributed by atoms with Gasteiger partial charge in [-0.05, 0) is 13.8 Å². The number of ether oxygens (including phenoxy) is 1. The molecule has 7 heteroatoms. The summed E-state index contributed by atoms with van der Waals surface area (Å²) < 4.78 is 10.1. The minimum absolute atomic E-state index is 0.0806. The molecular formula is C12H18N2O5. The van der Waals surface area contributed by atoms with Crippen LogP contribution in [0.5, 0.6) is 0 Å². The fourth-order valence-corrected chi connectivity index (χ4v) is 1.86. The van der Waals surface area contributed by atoms with Crippen LogP contribution in [-0.4, -0.2) is 41.2 Å². The molecule has 1 amide bonds. The minimum atomic E-state index is -1.02. The molecule has 0 aliphatic heterocycles. The van der Waals surface area contributed by atoms with E-state index in [2.05, 4.69) is 10.3 Å². The highest BCUT2D eigenvalue weighted by Crippen LogP contribution is 2.14. The molecule has 0 saturated heterocycles. The molecule has 0 fully saturated rings. The summed E-state index contributed by atoms with van der Waals surface area (Å²) in [6.45, 7) is 4.96. The van der Waals surface area contributed by atoms with Gasteiger partial charge in [0.2, 0.25) is 5.76 Å². The van der Waals surface area contributed by atoms with Gasteiger partial charge < -0.3 is 19.6 Å². The first-order valence-corrected chi connectivity index (χ1v) is 5.74. The van der Waals surface area contributed by atoms with Crippen molar-refractivity contribution in [2.24, 2.45) is 0 Å². The molecule has 7 nitrogen and oxygen atoms in total. The molecule has 1 heterocycles. The molecule has 1 aromatic rings. The number of carboxylic acids is 1. The topological polar surface area (TPSA) is 102 Å². The fourth-order valence-electron chi connectivity index (χ4n) is 1.86. The maximum atomic E-state index is 12.1. The molecular weight excluding hydrogens is 252 g/mol. The number of oxazole rings is 1. The molecule has 1 rings (SSSR count). The van der Waals surface area contributed by atoms with E-state index in [-0.39, 0.29) is 18.8 Å². The van der Waals surface area contributed by atoms with Gasteiger partial charge in [-0.2, -0.15) is 0 Å². The highest BCUT2D eigenvalue weighted by molar-refractivity contribution is 5.93. The first-order chi connectivity index (χ1) is 8.77. The SMILES string of the molecule is COCC(C)(CC(=O)O)NC(=O)c1oc(C)nc1C. The van der Waals surface area contributed by atoms with Crippen LogP contribution in [0.4, 0.5) is 0 Å². The normalized spacial score (nSPS) is 13.9. The van der Waals surface area contributed by atoms with Gasteiger partial charge in [-0.25, -0.2) is 4.98 Å². The monoisotopic (exact) mass is 270 g/mol. The fraction of sp³-hybridized carbons (Fsp3) is 0.583. The van der Waals surface area contributed by atoms with Crippen molar-refractivity contribution in [3.05, 3.63) is 17.3 Å². The Balaban J connectivity index is 2.87. The summed E-state index contributed by atoms with van der Waals surface area (Å²) in [6, 6.07) is 0. The molecule has 1 unspecified atom stereocenters. The number of nitrogens with zero attached hydrogens (tertiary/aromatic N) is 1. The molecule has 0 bridgehead atoms. The number of hydrogen-bond donors (Lipinski definition) is 2. The van der Waals surface area contributed by atoms with Gasteiger partial charge in [-0.3, -0.25) is 9.59 Å². The molecule has 0 aliphatic rings. The van der Waals surface area contributed by atoms with Crippen LogP contribution in [-0.2, 0) is 9.53 Å². The van der Waals surface area contributed by atoms with Gasteiger partial charge in [0, 0.05) is 14.0 Å². The van der Waals surface area contributed by atoms with Crippen molar-refractivity contribution in [3.63, 3.8) is 0 Å². The quantitative estimate of drug-likeness (QED) is 0.796. The second-order valence-corrected chi connectivity index (χ2v) is 4.67. The van der Waals surface area contributed by atoms with E-state index in [1.54, 1.807) is 20.8 Å². The molecule has 0 radical (unpaired) electrons. The van der Waals surface area contributed by atoms with Gasteiger partial charge in [0.15, 0.2) is 5.89 Å². The van der Waals surface area contributed by atoms with Crippen molar-refractivity contribution in [2.75, 3.05) is 13.7 Å². The molecule has 19 heavy (non-hydrogen) atoms. The predicted molar refractivity (Wildman–Crippen MR) is 66.0 cm³/mol. The van der Waals surface area contributed by atoms with E-state index in [9.17, 15) is 9.59 Å². The number of carbonyl (C=O) groups is 2. The van der Waals surface area contributed by atoms with Crippen LogP contribution >= 0.6 is 0 Å². The number of carboxylic acid groups (broad SMARTS) is 1. The van der Waals surface area contributed by atoms with Gasteiger partial charge >= 0.3 is 5.97 Å². The number of methoxy groups -OCH3 is 1. The van der Waals surface area contributed by atoms with E-state index >= 15 is 0 Å². The summed E-state index contributed by atoms with van der Waals surface area (Å²) in [6.07, 6.45) is -0.251. The van der Waals surface area contributed by atoms with E-state index in [0.717, 1.165) is 0 Å². The summed E-state index contributed by atoms with van der Waals surface area (Å²) in [5.41, 5.74) is -0.546. The molecule has 2 N–H and O–H groups in total. The molecule has 0 aromatic carbocycles. The maximum Gasteiger partial charge on any atom is 0.305 e. The van der Waals surface area contributed by atoms with Crippen LogP contribution in [0.1, 0.15) is 35.5 Å². The Kier molecular flexibility index (Phi) is 4.66. The van der Waals surface area contributed by atoms with Crippen LogP contribution in [0, 0.1) is 13.8 Å². The molecule has 1 atom stereocenters. The number of rotatable bonds is 6. The van der Waals surface area contributed by atoms with Gasteiger partial charge in [0.1, 0.15) is 0 Å². The van der Waals surface area contributed by atoms with E-state index in [1.165, 1.54) is 7.11 Å². The van der Waals surface area contributed by atoms with Crippen LogP contribution in [0.25, 0.3) is 0 Å². The summed E-state index contributed by atoms with van der Waals surface area (Å²) in [5.74, 6) is -1.05. The zero-order chi connectivity index (χ0) is 14.6. The van der Waals surface area contributed by atoms with Crippen molar-refractivity contribution in [1.29, 1.82) is 0 Å². The summed E-state index contributed by atoms with van der Waals surface area (Å²) >= 11 is 0. The minimum Gasteiger partial charge on any atom is -0.481 e. The summed E-state index contributed by atoms with van der Waals surface area (Å²) in [5, 5.41) is 11.5. The second kappa shape index (κ2) is 5.83. The number of amides is 1. The van der Waals surface area contributed by atoms with Gasteiger partial charge in [-0.1, -0.05) is 0 Å². The van der Waals surface area contributed by atoms with Crippen molar-refractivity contribution >= 4 is 11.9 Å². The predicted octanol–water partition coefficient (Wildman–Crippen LogP) is 0.901. The number of carbonyl (C=O) groups excluding carboxylic acids is 1. The molecule has 106 valence electrons. The standard InChI is InChI=1S/C12H18N2O5/c1-7-10(19-8(2)13-7)11(17)14-12(3,6-18-4)5-9(15)16/h5-6H2,1-4H3,(H,14,17)(H,15,16). The Hall–Kier alpha value is -1.89. The second-order valence-electron chi connectivity index (χ2n) is 4.67. The molecule has 0 saturated carbocycles. The average Bonchev–Trinajstić information content (AvgIpc) is 2.56. The highest BCUT2D eigenvalue weighted by Gasteiger charge is 2.31. The zero-order valence-corrected chi connectivity index (χ0v) is 11.4. The van der Waals surface area contributed by atoms with E-state index < -0.39 is 17.4 Å². The number of aliphatic carboxylic acids is 1. The Morgan fingerprint density at radius 2 is 2.11 bits per heavy atom. The van der Waals surface area contributed by atoms with Crippen LogP contribution in [0.3, 0.4) is 0 Å². The number of nitrogens with one attached hydrogen (secondary N) is 1. The Labute approximate surface area is 111 Å². The van der Waals surface area contributed by atoms with Crippen molar-refractivity contribution in [2.45, 2.75) is 32.7 Å². The molecule has 1 aromatic heterocycles. The first kappa shape index (κ1) is 15.2. The van der Waals surface area contributed by atoms with Crippen molar-refractivity contribution < 1.29 is 23.8 Å². The van der Waals surface area contributed by atoms with E-state index in [4.69, 9.17) is 14.3 Å². The zero-order valence-electron chi connectivity index (χ0n) is 11.4. The molecule has 0 aliphatic carbocycles. The number of aromatic nitrogens is 1. The lowest BCUT2D eigenvalue weighted by atomic mass is 9.98. The van der Waals surface area contributed by atoms with Crippen molar-refractivity contribution in [3.8, 4) is 0 Å². The lowest BCUT2D eigenvalue weighted by Crippen LogP contribution is -2.50. The lowest BCUT2D eigenvalue weighted by Gasteiger charge is -2.27.